The largest absolute Gasteiger partial charge is 0.372 e. The van der Waals surface area contributed by atoms with Crippen molar-refractivity contribution in [1.82, 2.24) is 4.90 Å². The van der Waals surface area contributed by atoms with Gasteiger partial charge in [-0.25, -0.2) is 0 Å². The quantitative estimate of drug-likeness (QED) is 0.701. The van der Waals surface area contributed by atoms with Crippen molar-refractivity contribution in [1.29, 1.82) is 0 Å². The molecule has 1 heterocycles. The van der Waals surface area contributed by atoms with Crippen molar-refractivity contribution in [3.05, 3.63) is 0 Å². The lowest BCUT2D eigenvalue weighted by Crippen LogP contribution is -2.45. The van der Waals surface area contributed by atoms with Crippen LogP contribution in [0.1, 0.15) is 19.8 Å². The molecule has 15 heavy (non-hydrogen) atoms. The molecule has 5 nitrogen and oxygen atoms in total. The van der Waals surface area contributed by atoms with E-state index >= 15 is 0 Å². The zero-order chi connectivity index (χ0) is 11.3. The summed E-state index contributed by atoms with van der Waals surface area (Å²) in [6.07, 6.45) is 1.62. The maximum atomic E-state index is 11.6. The molecule has 0 spiro atoms. The molecule has 5 heteroatoms. The van der Waals surface area contributed by atoms with Crippen molar-refractivity contribution in [3.63, 3.8) is 0 Å². The Labute approximate surface area is 89.6 Å². The fraction of sp³-hybridized carbons (Fsp3) is 0.800. The number of nitrogens with two attached hydrogens (primary N) is 1. The second-order valence-electron chi connectivity index (χ2n) is 3.72. The zero-order valence-corrected chi connectivity index (χ0v) is 9.07. The second-order valence-corrected chi connectivity index (χ2v) is 3.72. The standard InChI is InChI=1S/C10H18N2O3/c1-2-15-7-9(13)12-5-3-4-8(6-12)10(11)14/h8H,2-7H2,1H3,(H2,11,14)/t8-/m0/s1. The molecule has 0 unspecified atom stereocenters. The first-order chi connectivity index (χ1) is 7.15. The normalized spacial score (nSPS) is 21.4. The lowest BCUT2D eigenvalue weighted by atomic mass is 9.97. The van der Waals surface area contributed by atoms with Gasteiger partial charge in [-0.3, -0.25) is 9.59 Å². The lowest BCUT2D eigenvalue weighted by molar-refractivity contribution is -0.139. The highest BCUT2D eigenvalue weighted by Gasteiger charge is 2.26. The van der Waals surface area contributed by atoms with Gasteiger partial charge in [0.25, 0.3) is 0 Å². The van der Waals surface area contributed by atoms with Crippen LogP contribution in [0.3, 0.4) is 0 Å². The van der Waals surface area contributed by atoms with E-state index in [9.17, 15) is 9.59 Å². The molecule has 1 saturated heterocycles. The van der Waals surface area contributed by atoms with Crippen molar-refractivity contribution in [2.45, 2.75) is 19.8 Å². The average molecular weight is 214 g/mol. The summed E-state index contributed by atoms with van der Waals surface area (Å²) in [5, 5.41) is 0. The van der Waals surface area contributed by atoms with Crippen LogP contribution in [0.15, 0.2) is 0 Å². The van der Waals surface area contributed by atoms with E-state index in [0.29, 0.717) is 19.7 Å². The molecule has 2 N–H and O–H groups in total. The highest BCUT2D eigenvalue weighted by atomic mass is 16.5. The summed E-state index contributed by atoms with van der Waals surface area (Å²) in [4.78, 5) is 24.2. The molecule has 2 amide bonds. The Balaban J connectivity index is 2.41. The summed E-state index contributed by atoms with van der Waals surface area (Å²) in [5.41, 5.74) is 5.22. The molecular formula is C10H18N2O3. The minimum Gasteiger partial charge on any atom is -0.372 e. The smallest absolute Gasteiger partial charge is 0.248 e. The number of ether oxygens (including phenoxy) is 1. The van der Waals surface area contributed by atoms with E-state index in [1.807, 2.05) is 6.92 Å². The van der Waals surface area contributed by atoms with E-state index < -0.39 is 0 Å². The fourth-order valence-electron chi connectivity index (χ4n) is 1.72. The van der Waals surface area contributed by atoms with E-state index in [4.69, 9.17) is 10.5 Å². The van der Waals surface area contributed by atoms with Gasteiger partial charge in [-0.2, -0.15) is 0 Å². The van der Waals surface area contributed by atoms with Gasteiger partial charge in [-0.1, -0.05) is 0 Å². The molecule has 0 aromatic rings. The molecule has 0 bridgehead atoms. The predicted octanol–water partition coefficient (Wildman–Crippen LogP) is -0.253. The zero-order valence-electron chi connectivity index (χ0n) is 9.07. The second kappa shape index (κ2) is 5.70. The van der Waals surface area contributed by atoms with Crippen LogP contribution in [0.25, 0.3) is 0 Å². The lowest BCUT2D eigenvalue weighted by Gasteiger charge is -2.31. The van der Waals surface area contributed by atoms with Gasteiger partial charge < -0.3 is 15.4 Å². The molecule has 1 atom stereocenters. The molecule has 1 aliphatic heterocycles. The Morgan fingerprint density at radius 1 is 1.53 bits per heavy atom. The number of likely N-dealkylation sites (tertiary alicyclic amines) is 1. The number of carbonyl (C=O) groups is 2. The van der Waals surface area contributed by atoms with Gasteiger partial charge in [0.05, 0.1) is 5.92 Å². The minimum atomic E-state index is -0.316. The van der Waals surface area contributed by atoms with Gasteiger partial charge in [0.2, 0.25) is 11.8 Å². The van der Waals surface area contributed by atoms with Crippen LogP contribution in [0.2, 0.25) is 0 Å². The van der Waals surface area contributed by atoms with Crippen LogP contribution in [0.4, 0.5) is 0 Å². The van der Waals surface area contributed by atoms with Crippen molar-refractivity contribution >= 4 is 11.8 Å². The third-order valence-corrected chi connectivity index (χ3v) is 2.61. The van der Waals surface area contributed by atoms with Crippen LogP contribution in [-0.2, 0) is 14.3 Å². The van der Waals surface area contributed by atoms with Gasteiger partial charge in [0, 0.05) is 19.7 Å². The van der Waals surface area contributed by atoms with Gasteiger partial charge in [0.1, 0.15) is 6.61 Å². The van der Waals surface area contributed by atoms with Crippen LogP contribution in [0, 0.1) is 5.92 Å². The number of carbonyl (C=O) groups excluding carboxylic acids is 2. The Kier molecular flexibility index (Phi) is 4.55. The first-order valence-corrected chi connectivity index (χ1v) is 5.30. The minimum absolute atomic E-state index is 0.0530. The number of hydrogen-bond donors (Lipinski definition) is 1. The Hall–Kier alpha value is -1.10. The highest BCUT2D eigenvalue weighted by molar-refractivity contribution is 5.80. The molecule has 0 aromatic heterocycles. The van der Waals surface area contributed by atoms with Crippen LogP contribution in [-0.4, -0.2) is 43.0 Å². The van der Waals surface area contributed by atoms with Gasteiger partial charge >= 0.3 is 0 Å². The number of rotatable bonds is 4. The number of piperidine rings is 1. The number of amides is 2. The molecule has 1 fully saturated rings. The Bertz CT molecular complexity index is 243. The third kappa shape index (κ3) is 3.51. The summed E-state index contributed by atoms with van der Waals surface area (Å²) in [5.74, 6) is -0.559. The summed E-state index contributed by atoms with van der Waals surface area (Å²) in [6, 6.07) is 0. The number of nitrogens with zero attached hydrogens (tertiary/aromatic N) is 1. The molecule has 1 rings (SSSR count). The molecule has 0 saturated carbocycles. The summed E-state index contributed by atoms with van der Waals surface area (Å²) in [7, 11) is 0. The molecule has 0 aliphatic carbocycles. The van der Waals surface area contributed by atoms with Crippen molar-refractivity contribution in [2.75, 3.05) is 26.3 Å². The first-order valence-electron chi connectivity index (χ1n) is 5.30. The van der Waals surface area contributed by atoms with Gasteiger partial charge in [0.15, 0.2) is 0 Å². The maximum Gasteiger partial charge on any atom is 0.248 e. The van der Waals surface area contributed by atoms with Gasteiger partial charge in [-0.15, -0.1) is 0 Å². The number of hydrogen-bond acceptors (Lipinski definition) is 3. The summed E-state index contributed by atoms with van der Waals surface area (Å²) >= 11 is 0. The molecule has 0 radical (unpaired) electrons. The molecule has 0 aromatic carbocycles. The highest BCUT2D eigenvalue weighted by Crippen LogP contribution is 2.15. The predicted molar refractivity (Wildman–Crippen MR) is 55.0 cm³/mol. The van der Waals surface area contributed by atoms with Crippen LogP contribution < -0.4 is 5.73 Å². The maximum absolute atomic E-state index is 11.6. The summed E-state index contributed by atoms with van der Waals surface area (Å²) < 4.78 is 5.04. The average Bonchev–Trinajstić information content (AvgIpc) is 2.26. The topological polar surface area (TPSA) is 72.6 Å². The molecule has 86 valence electrons. The van der Waals surface area contributed by atoms with E-state index in [2.05, 4.69) is 0 Å². The first kappa shape index (κ1) is 12.0. The fourth-order valence-corrected chi connectivity index (χ4v) is 1.72. The molecular weight excluding hydrogens is 196 g/mol. The van der Waals surface area contributed by atoms with Crippen molar-refractivity contribution in [2.24, 2.45) is 11.7 Å². The molecule has 1 aliphatic rings. The SMILES string of the molecule is CCOCC(=O)N1CCC[C@H](C(N)=O)C1. The Morgan fingerprint density at radius 3 is 2.87 bits per heavy atom. The van der Waals surface area contributed by atoms with E-state index in [0.717, 1.165) is 12.8 Å². The third-order valence-electron chi connectivity index (χ3n) is 2.61. The number of primary amides is 1. The monoisotopic (exact) mass is 214 g/mol. The Morgan fingerprint density at radius 2 is 2.27 bits per heavy atom. The van der Waals surface area contributed by atoms with Crippen LogP contribution >= 0.6 is 0 Å². The van der Waals surface area contributed by atoms with Crippen LogP contribution in [0.5, 0.6) is 0 Å². The summed E-state index contributed by atoms with van der Waals surface area (Å²) in [6.45, 7) is 3.62. The van der Waals surface area contributed by atoms with E-state index in [1.165, 1.54) is 0 Å². The van der Waals surface area contributed by atoms with E-state index in [-0.39, 0.29) is 24.3 Å². The van der Waals surface area contributed by atoms with E-state index in [1.54, 1.807) is 4.90 Å². The van der Waals surface area contributed by atoms with Crippen molar-refractivity contribution in [3.8, 4) is 0 Å². The van der Waals surface area contributed by atoms with Crippen molar-refractivity contribution < 1.29 is 14.3 Å². The van der Waals surface area contributed by atoms with Gasteiger partial charge in [-0.05, 0) is 19.8 Å².